The molecule has 1 aromatic carbocycles. The van der Waals surface area contributed by atoms with Gasteiger partial charge in [0.05, 0.1) is 18.7 Å². The lowest BCUT2D eigenvalue weighted by Gasteiger charge is -2.46. The molecule has 1 saturated carbocycles. The van der Waals surface area contributed by atoms with Crippen molar-refractivity contribution >= 4 is 11.7 Å². The van der Waals surface area contributed by atoms with Crippen molar-refractivity contribution in [3.63, 3.8) is 0 Å². The number of methoxy groups -OCH3 is 1. The number of ether oxygens (including phenoxy) is 2. The number of para-hydroxylation sites is 2. The van der Waals surface area contributed by atoms with Crippen molar-refractivity contribution in [1.29, 1.82) is 0 Å². The Balaban J connectivity index is 1.25. The lowest BCUT2D eigenvalue weighted by Crippen LogP contribution is -2.49. The summed E-state index contributed by atoms with van der Waals surface area (Å²) in [6, 6.07) is 8.23. The van der Waals surface area contributed by atoms with Gasteiger partial charge < -0.3 is 14.4 Å². The van der Waals surface area contributed by atoms with Gasteiger partial charge in [-0.2, -0.15) is 0 Å². The smallest absolute Gasteiger partial charge is 0.310 e. The van der Waals surface area contributed by atoms with E-state index in [0.29, 0.717) is 5.92 Å². The van der Waals surface area contributed by atoms with Crippen molar-refractivity contribution in [2.75, 3.05) is 44.7 Å². The minimum absolute atomic E-state index is 0.0228. The summed E-state index contributed by atoms with van der Waals surface area (Å²) in [4.78, 5) is 17.7. The monoisotopic (exact) mass is 424 g/mol. The standard InChI is InChI=1S/C26H36N2O3/c1-18-7-6-10-26(2)16-24-19(15-21(18)26)20(25(29)31-24)17-27-11-13-28(14-12-27)22-8-4-5-9-23(22)30-3/h4-5,8-9,19-20,24H,6-7,10-17H2,1-3H3/t19-,20+,24+,26+/m0/s1. The summed E-state index contributed by atoms with van der Waals surface area (Å²) in [5.41, 5.74) is 4.63. The first kappa shape index (κ1) is 20.9. The van der Waals surface area contributed by atoms with Crippen LogP contribution in [0.3, 0.4) is 0 Å². The van der Waals surface area contributed by atoms with Crippen LogP contribution in [0.5, 0.6) is 5.75 Å². The summed E-state index contributed by atoms with van der Waals surface area (Å²) in [5, 5.41) is 0. The van der Waals surface area contributed by atoms with Crippen LogP contribution in [0.25, 0.3) is 0 Å². The average molecular weight is 425 g/mol. The van der Waals surface area contributed by atoms with Crippen LogP contribution in [0.15, 0.2) is 35.4 Å². The highest BCUT2D eigenvalue weighted by atomic mass is 16.6. The summed E-state index contributed by atoms with van der Waals surface area (Å²) in [6.07, 6.45) is 5.95. The van der Waals surface area contributed by atoms with Crippen LogP contribution in [-0.2, 0) is 9.53 Å². The molecule has 2 saturated heterocycles. The fourth-order valence-electron chi connectivity index (χ4n) is 6.66. The number of rotatable bonds is 4. The van der Waals surface area contributed by atoms with Crippen LogP contribution in [0.2, 0.25) is 0 Å². The Morgan fingerprint density at radius 1 is 1.19 bits per heavy atom. The number of anilines is 1. The first-order valence-electron chi connectivity index (χ1n) is 12.0. The maximum absolute atomic E-state index is 12.9. The Hall–Kier alpha value is -2.01. The largest absolute Gasteiger partial charge is 0.495 e. The van der Waals surface area contributed by atoms with Gasteiger partial charge in [-0.25, -0.2) is 0 Å². The molecule has 0 unspecified atom stereocenters. The SMILES string of the molecule is COc1ccccc1N1CCN(C[C@H]2C(=O)O[C@@H]3C[C@@]4(C)CCCC(C)=C4C[C@H]32)CC1. The fraction of sp³-hybridized carbons (Fsp3) is 0.654. The van der Waals surface area contributed by atoms with Crippen LogP contribution >= 0.6 is 0 Å². The van der Waals surface area contributed by atoms with E-state index < -0.39 is 0 Å². The number of nitrogens with zero attached hydrogens (tertiary/aromatic N) is 2. The van der Waals surface area contributed by atoms with Gasteiger partial charge >= 0.3 is 5.97 Å². The van der Waals surface area contributed by atoms with E-state index in [1.165, 1.54) is 19.3 Å². The van der Waals surface area contributed by atoms with Gasteiger partial charge in [0.1, 0.15) is 11.9 Å². The normalized spacial score (nSPS) is 33.7. The molecule has 0 N–H and O–H groups in total. The van der Waals surface area contributed by atoms with E-state index in [-0.39, 0.29) is 23.4 Å². The van der Waals surface area contributed by atoms with Crippen molar-refractivity contribution in [2.24, 2.45) is 17.3 Å². The zero-order chi connectivity index (χ0) is 21.6. The third kappa shape index (κ3) is 3.75. The summed E-state index contributed by atoms with van der Waals surface area (Å²) < 4.78 is 11.5. The first-order chi connectivity index (χ1) is 15.0. The highest BCUT2D eigenvalue weighted by molar-refractivity contribution is 5.76. The molecule has 168 valence electrons. The van der Waals surface area contributed by atoms with Gasteiger partial charge in [0.25, 0.3) is 0 Å². The molecule has 5 nitrogen and oxygen atoms in total. The number of allylic oxidation sites excluding steroid dienone is 2. The van der Waals surface area contributed by atoms with E-state index >= 15 is 0 Å². The Labute approximate surface area is 186 Å². The molecule has 4 atom stereocenters. The lowest BCUT2D eigenvalue weighted by atomic mass is 9.59. The van der Waals surface area contributed by atoms with E-state index in [1.807, 2.05) is 12.1 Å². The fourth-order valence-corrected chi connectivity index (χ4v) is 6.66. The summed E-state index contributed by atoms with van der Waals surface area (Å²) in [7, 11) is 1.73. The maximum Gasteiger partial charge on any atom is 0.310 e. The lowest BCUT2D eigenvalue weighted by molar-refractivity contribution is -0.145. The molecule has 31 heavy (non-hydrogen) atoms. The number of hydrogen-bond acceptors (Lipinski definition) is 5. The second-order valence-corrected chi connectivity index (χ2v) is 10.3. The number of hydrogen-bond donors (Lipinski definition) is 0. The molecule has 1 aromatic rings. The van der Waals surface area contributed by atoms with Crippen molar-refractivity contribution < 1.29 is 14.3 Å². The number of esters is 1. The molecule has 5 rings (SSSR count). The van der Waals surface area contributed by atoms with Crippen LogP contribution in [0, 0.1) is 17.3 Å². The number of carbonyl (C=O) groups is 1. The third-order valence-corrected chi connectivity index (χ3v) is 8.43. The molecular weight excluding hydrogens is 388 g/mol. The third-order valence-electron chi connectivity index (χ3n) is 8.43. The van der Waals surface area contributed by atoms with Gasteiger partial charge in [-0.05, 0) is 56.6 Å². The molecule has 0 amide bonds. The molecule has 0 aromatic heterocycles. The van der Waals surface area contributed by atoms with Crippen molar-refractivity contribution in [2.45, 2.75) is 52.1 Å². The number of fused-ring (bicyclic) bond motifs is 2. The van der Waals surface area contributed by atoms with Crippen molar-refractivity contribution in [3.8, 4) is 5.75 Å². The Kier molecular flexibility index (Phi) is 5.49. The minimum atomic E-state index is 0.0228. The Bertz CT molecular complexity index is 873. The van der Waals surface area contributed by atoms with Gasteiger partial charge in [0.15, 0.2) is 0 Å². The topological polar surface area (TPSA) is 42.0 Å². The number of benzene rings is 1. The van der Waals surface area contributed by atoms with Gasteiger partial charge in [-0.3, -0.25) is 9.69 Å². The predicted octanol–water partition coefficient (Wildman–Crippen LogP) is 4.28. The second-order valence-electron chi connectivity index (χ2n) is 10.3. The molecule has 0 radical (unpaired) electrons. The predicted molar refractivity (Wildman–Crippen MR) is 122 cm³/mol. The molecule has 0 bridgehead atoms. The molecular formula is C26H36N2O3. The van der Waals surface area contributed by atoms with Gasteiger partial charge in [-0.1, -0.05) is 30.2 Å². The zero-order valence-corrected chi connectivity index (χ0v) is 19.2. The molecule has 2 heterocycles. The second kappa shape index (κ2) is 8.16. The van der Waals surface area contributed by atoms with Crippen molar-refractivity contribution in [3.05, 3.63) is 35.4 Å². The maximum atomic E-state index is 12.9. The molecule has 2 aliphatic heterocycles. The summed E-state index contributed by atoms with van der Waals surface area (Å²) in [5.74, 6) is 1.35. The zero-order valence-electron chi connectivity index (χ0n) is 19.2. The van der Waals surface area contributed by atoms with E-state index in [0.717, 1.165) is 57.0 Å². The highest BCUT2D eigenvalue weighted by Crippen LogP contribution is 2.55. The minimum Gasteiger partial charge on any atom is -0.495 e. The van der Waals surface area contributed by atoms with Crippen LogP contribution in [0.4, 0.5) is 5.69 Å². The number of carbonyl (C=O) groups excluding carboxylic acids is 1. The van der Waals surface area contributed by atoms with E-state index in [2.05, 4.69) is 35.8 Å². The highest BCUT2D eigenvalue weighted by Gasteiger charge is 2.53. The number of piperazine rings is 1. The summed E-state index contributed by atoms with van der Waals surface area (Å²) in [6.45, 7) is 9.41. The van der Waals surface area contributed by atoms with Crippen LogP contribution in [0.1, 0.15) is 46.0 Å². The molecule has 4 aliphatic rings. The van der Waals surface area contributed by atoms with E-state index in [9.17, 15) is 4.79 Å². The van der Waals surface area contributed by atoms with Gasteiger partial charge in [-0.15, -0.1) is 0 Å². The van der Waals surface area contributed by atoms with Gasteiger partial charge in [0, 0.05) is 38.6 Å². The first-order valence-corrected chi connectivity index (χ1v) is 12.0. The van der Waals surface area contributed by atoms with Gasteiger partial charge in [0.2, 0.25) is 0 Å². The molecule has 2 aliphatic carbocycles. The Morgan fingerprint density at radius 2 is 1.97 bits per heavy atom. The molecule has 3 fully saturated rings. The van der Waals surface area contributed by atoms with E-state index in [4.69, 9.17) is 9.47 Å². The van der Waals surface area contributed by atoms with Crippen LogP contribution in [-0.4, -0.2) is 56.8 Å². The van der Waals surface area contributed by atoms with Crippen LogP contribution < -0.4 is 9.64 Å². The molecule has 0 spiro atoms. The average Bonchev–Trinajstić information content (AvgIpc) is 3.06. The van der Waals surface area contributed by atoms with E-state index in [1.54, 1.807) is 18.3 Å². The molecule has 5 heteroatoms. The van der Waals surface area contributed by atoms with Crippen molar-refractivity contribution in [1.82, 2.24) is 4.90 Å². The Morgan fingerprint density at radius 3 is 2.74 bits per heavy atom. The quantitative estimate of drug-likeness (QED) is 0.533. The summed E-state index contributed by atoms with van der Waals surface area (Å²) >= 11 is 0.